The zero-order chi connectivity index (χ0) is 13.9. The molecule has 0 fully saturated rings. The zero-order valence-corrected chi connectivity index (χ0v) is 10.2. The Morgan fingerprint density at radius 1 is 1.10 bits per heavy atom. The Balaban J connectivity index is 2.38. The highest BCUT2D eigenvalue weighted by atomic mass is 19.1. The molecule has 4 rings (SSSR count). The van der Waals surface area contributed by atoms with Crippen molar-refractivity contribution in [2.45, 2.75) is 0 Å². The molecule has 0 unspecified atom stereocenters. The van der Waals surface area contributed by atoms with Gasteiger partial charge in [0.2, 0.25) is 0 Å². The third kappa shape index (κ3) is 1.26. The van der Waals surface area contributed by atoms with Gasteiger partial charge in [-0.2, -0.15) is 0 Å². The molecule has 0 saturated carbocycles. The summed E-state index contributed by atoms with van der Waals surface area (Å²) in [4.78, 5) is 15.6. The first-order valence-corrected chi connectivity index (χ1v) is 6.10. The molecule has 0 aliphatic heterocycles. The van der Waals surface area contributed by atoms with Gasteiger partial charge in [0.15, 0.2) is 11.4 Å². The number of fused-ring (bicyclic) bond motifs is 4. The van der Waals surface area contributed by atoms with Crippen molar-refractivity contribution in [1.82, 2.24) is 9.38 Å². The van der Waals surface area contributed by atoms with Gasteiger partial charge < -0.3 is 10.1 Å². The van der Waals surface area contributed by atoms with E-state index in [2.05, 4.69) is 4.98 Å². The number of benzene rings is 2. The van der Waals surface area contributed by atoms with Crippen LogP contribution in [0.1, 0.15) is 0 Å². The molecule has 5 heteroatoms. The van der Waals surface area contributed by atoms with Gasteiger partial charge in [-0.25, -0.2) is 4.39 Å². The third-order valence-corrected chi connectivity index (χ3v) is 3.52. The summed E-state index contributed by atoms with van der Waals surface area (Å²) in [5.41, 5.74) is 1.13. The van der Waals surface area contributed by atoms with Crippen LogP contribution < -0.4 is 5.56 Å². The molecule has 0 aliphatic carbocycles. The number of hydrogen-bond donors (Lipinski definition) is 2. The Kier molecular flexibility index (Phi) is 1.99. The minimum atomic E-state index is -0.458. The Labute approximate surface area is 111 Å². The summed E-state index contributed by atoms with van der Waals surface area (Å²) in [5, 5.41) is 11.0. The van der Waals surface area contributed by atoms with Crippen LogP contribution in [0.4, 0.5) is 4.39 Å². The molecule has 0 saturated heterocycles. The van der Waals surface area contributed by atoms with Gasteiger partial charge in [0, 0.05) is 5.39 Å². The SMILES string of the molecule is O=c1c2ccccc2[nH]c2c(O)c3cc(F)ccc3n12. The fourth-order valence-corrected chi connectivity index (χ4v) is 2.60. The highest BCUT2D eigenvalue weighted by Gasteiger charge is 2.15. The smallest absolute Gasteiger partial charge is 0.266 e. The van der Waals surface area contributed by atoms with Crippen molar-refractivity contribution in [3.05, 3.63) is 58.6 Å². The van der Waals surface area contributed by atoms with E-state index in [1.54, 1.807) is 24.3 Å². The molecule has 4 aromatic rings. The topological polar surface area (TPSA) is 57.5 Å². The Hall–Kier alpha value is -2.82. The maximum atomic E-state index is 13.3. The summed E-state index contributed by atoms with van der Waals surface area (Å²) in [6, 6.07) is 11.0. The van der Waals surface area contributed by atoms with Crippen LogP contribution in [0.15, 0.2) is 47.3 Å². The summed E-state index contributed by atoms with van der Waals surface area (Å²) in [7, 11) is 0. The molecule has 2 aromatic heterocycles. The predicted molar refractivity (Wildman–Crippen MR) is 74.7 cm³/mol. The predicted octanol–water partition coefficient (Wildman–Crippen LogP) is 2.78. The number of hydrogen-bond acceptors (Lipinski definition) is 2. The maximum Gasteiger partial charge on any atom is 0.266 e. The molecule has 0 aliphatic rings. The van der Waals surface area contributed by atoms with Gasteiger partial charge in [0.05, 0.1) is 16.4 Å². The summed E-state index contributed by atoms with van der Waals surface area (Å²) in [6.07, 6.45) is 0. The number of H-pyrrole nitrogens is 1. The summed E-state index contributed by atoms with van der Waals surface area (Å²) in [5.74, 6) is -0.580. The first kappa shape index (κ1) is 11.0. The number of aromatic nitrogens is 2. The second kappa shape index (κ2) is 3.60. The summed E-state index contributed by atoms with van der Waals surface area (Å²) < 4.78 is 14.7. The molecule has 2 heterocycles. The van der Waals surface area contributed by atoms with Crippen molar-refractivity contribution in [2.75, 3.05) is 0 Å². The van der Waals surface area contributed by atoms with E-state index in [-0.39, 0.29) is 17.0 Å². The molecule has 2 N–H and O–H groups in total. The Bertz CT molecular complexity index is 1050. The zero-order valence-electron chi connectivity index (χ0n) is 10.2. The lowest BCUT2D eigenvalue weighted by Crippen LogP contribution is -2.13. The van der Waals surface area contributed by atoms with E-state index in [0.717, 1.165) is 0 Å². The van der Waals surface area contributed by atoms with Crippen LogP contribution in [-0.4, -0.2) is 14.5 Å². The fourth-order valence-electron chi connectivity index (χ4n) is 2.60. The molecular weight excluding hydrogens is 259 g/mol. The minimum Gasteiger partial charge on any atom is -0.504 e. The van der Waals surface area contributed by atoms with E-state index in [1.165, 1.54) is 22.6 Å². The van der Waals surface area contributed by atoms with Gasteiger partial charge in [-0.05, 0) is 30.3 Å². The molecular formula is C15H9FN2O2. The van der Waals surface area contributed by atoms with Gasteiger partial charge in [0.25, 0.3) is 5.56 Å². The number of para-hydroxylation sites is 1. The Morgan fingerprint density at radius 3 is 2.75 bits per heavy atom. The number of halogens is 1. The standard InChI is InChI=1S/C15H9FN2O2/c16-8-5-6-12-10(7-8)13(19)14-17-11-4-2-1-3-9(11)15(20)18(12)14/h1-7,17,19H. The molecule has 0 bridgehead atoms. The van der Waals surface area contributed by atoms with Crippen LogP contribution in [0, 0.1) is 5.82 Å². The van der Waals surface area contributed by atoms with Crippen molar-refractivity contribution in [2.24, 2.45) is 0 Å². The number of nitrogens with zero attached hydrogens (tertiary/aromatic N) is 1. The van der Waals surface area contributed by atoms with Crippen molar-refractivity contribution in [3.63, 3.8) is 0 Å². The van der Waals surface area contributed by atoms with Crippen molar-refractivity contribution < 1.29 is 9.50 Å². The molecule has 20 heavy (non-hydrogen) atoms. The molecule has 0 amide bonds. The lowest BCUT2D eigenvalue weighted by atomic mass is 10.2. The highest BCUT2D eigenvalue weighted by Crippen LogP contribution is 2.31. The summed E-state index contributed by atoms with van der Waals surface area (Å²) >= 11 is 0. The highest BCUT2D eigenvalue weighted by molar-refractivity contribution is 5.96. The molecule has 0 atom stereocenters. The van der Waals surface area contributed by atoms with E-state index < -0.39 is 5.82 Å². The van der Waals surface area contributed by atoms with E-state index >= 15 is 0 Å². The quantitative estimate of drug-likeness (QED) is 0.515. The van der Waals surface area contributed by atoms with Gasteiger partial charge in [-0.15, -0.1) is 0 Å². The van der Waals surface area contributed by atoms with Gasteiger partial charge in [-0.1, -0.05) is 12.1 Å². The second-order valence-electron chi connectivity index (χ2n) is 4.67. The summed E-state index contributed by atoms with van der Waals surface area (Å²) in [6.45, 7) is 0. The minimum absolute atomic E-state index is 0.123. The molecule has 2 aromatic carbocycles. The average Bonchev–Trinajstić information content (AvgIpc) is 2.73. The van der Waals surface area contributed by atoms with Crippen LogP contribution in [0.3, 0.4) is 0 Å². The maximum absolute atomic E-state index is 13.3. The molecule has 0 spiro atoms. The monoisotopic (exact) mass is 268 g/mol. The van der Waals surface area contributed by atoms with E-state index in [4.69, 9.17) is 0 Å². The third-order valence-electron chi connectivity index (χ3n) is 3.52. The lowest BCUT2D eigenvalue weighted by molar-refractivity contribution is 0.485. The average molecular weight is 268 g/mol. The van der Waals surface area contributed by atoms with Gasteiger partial charge >= 0.3 is 0 Å². The van der Waals surface area contributed by atoms with E-state index in [9.17, 15) is 14.3 Å². The normalized spacial score (nSPS) is 11.7. The van der Waals surface area contributed by atoms with Crippen LogP contribution in [0.5, 0.6) is 5.75 Å². The number of rotatable bonds is 0. The second-order valence-corrected chi connectivity index (χ2v) is 4.67. The van der Waals surface area contributed by atoms with Crippen molar-refractivity contribution in [3.8, 4) is 5.75 Å². The van der Waals surface area contributed by atoms with Crippen LogP contribution >= 0.6 is 0 Å². The van der Waals surface area contributed by atoms with Crippen LogP contribution in [-0.2, 0) is 0 Å². The van der Waals surface area contributed by atoms with Crippen LogP contribution in [0.25, 0.3) is 27.5 Å². The van der Waals surface area contributed by atoms with Crippen molar-refractivity contribution >= 4 is 27.5 Å². The number of aromatic hydroxyl groups is 1. The van der Waals surface area contributed by atoms with E-state index in [0.29, 0.717) is 21.8 Å². The largest absolute Gasteiger partial charge is 0.504 e. The van der Waals surface area contributed by atoms with Gasteiger partial charge in [0.1, 0.15) is 5.82 Å². The first-order valence-electron chi connectivity index (χ1n) is 6.10. The van der Waals surface area contributed by atoms with Crippen molar-refractivity contribution in [1.29, 1.82) is 0 Å². The van der Waals surface area contributed by atoms with Crippen LogP contribution in [0.2, 0.25) is 0 Å². The lowest BCUT2D eigenvalue weighted by Gasteiger charge is -2.01. The van der Waals surface area contributed by atoms with Gasteiger partial charge in [-0.3, -0.25) is 9.20 Å². The fraction of sp³-hybridized carbons (Fsp3) is 0. The van der Waals surface area contributed by atoms with E-state index in [1.807, 2.05) is 0 Å². The first-order chi connectivity index (χ1) is 9.66. The Morgan fingerprint density at radius 2 is 1.90 bits per heavy atom. The number of aromatic amines is 1. The molecule has 4 nitrogen and oxygen atoms in total. The molecule has 98 valence electrons. The number of nitrogens with one attached hydrogen (secondary N) is 1. The molecule has 0 radical (unpaired) electrons.